The summed E-state index contributed by atoms with van der Waals surface area (Å²) in [5.74, 6) is 0. The second kappa shape index (κ2) is 12.9. The summed E-state index contributed by atoms with van der Waals surface area (Å²) in [6.45, 7) is 4.44. The minimum Gasteiger partial charge on any atom is -0.388 e. The zero-order valence-corrected chi connectivity index (χ0v) is 13.7. The van der Waals surface area contributed by atoms with Gasteiger partial charge in [-0.3, -0.25) is 0 Å². The third kappa shape index (κ3) is 11.3. The van der Waals surface area contributed by atoms with Crippen LogP contribution in [0, 0.1) is 0 Å². The van der Waals surface area contributed by atoms with Crippen LogP contribution in [0.1, 0.15) is 78.1 Å². The minimum atomic E-state index is -0.210. The molecule has 1 unspecified atom stereocenters. The molecule has 0 aliphatic heterocycles. The summed E-state index contributed by atoms with van der Waals surface area (Å²) in [6.07, 6.45) is 14.3. The van der Waals surface area contributed by atoms with Crippen LogP contribution in [0.4, 0.5) is 0 Å². The van der Waals surface area contributed by atoms with E-state index in [1.807, 2.05) is 0 Å². The SMILES string of the molecule is CCCCCCCC=C(I)C(O)CCCCC. The molecule has 0 aromatic carbocycles. The van der Waals surface area contributed by atoms with Crippen molar-refractivity contribution in [2.75, 3.05) is 0 Å². The van der Waals surface area contributed by atoms with Crippen LogP contribution < -0.4 is 0 Å². The second-order valence-corrected chi connectivity index (χ2v) is 6.05. The minimum absolute atomic E-state index is 0.210. The van der Waals surface area contributed by atoms with E-state index in [9.17, 15) is 5.11 Å². The first-order valence-electron chi connectivity index (χ1n) is 7.26. The van der Waals surface area contributed by atoms with E-state index < -0.39 is 0 Å². The molecule has 0 fully saturated rings. The quantitative estimate of drug-likeness (QED) is 0.379. The molecule has 0 saturated carbocycles. The highest BCUT2D eigenvalue weighted by atomic mass is 127. The molecule has 17 heavy (non-hydrogen) atoms. The van der Waals surface area contributed by atoms with Crippen molar-refractivity contribution >= 4 is 22.6 Å². The van der Waals surface area contributed by atoms with E-state index in [2.05, 4.69) is 42.5 Å². The molecule has 1 atom stereocenters. The van der Waals surface area contributed by atoms with Gasteiger partial charge in [0.15, 0.2) is 0 Å². The van der Waals surface area contributed by atoms with Gasteiger partial charge in [0.2, 0.25) is 0 Å². The Hall–Kier alpha value is 0.430. The highest BCUT2D eigenvalue weighted by molar-refractivity contribution is 14.1. The van der Waals surface area contributed by atoms with E-state index >= 15 is 0 Å². The maximum Gasteiger partial charge on any atom is 0.0843 e. The number of rotatable bonds is 11. The standard InChI is InChI=1S/C15H29IO/c1-3-5-7-8-9-11-12-14(16)15(17)13-10-6-4-2/h12,15,17H,3-11,13H2,1-2H3. The van der Waals surface area contributed by atoms with Crippen LogP contribution in [0.5, 0.6) is 0 Å². The largest absolute Gasteiger partial charge is 0.388 e. The molecule has 0 aromatic rings. The zero-order valence-electron chi connectivity index (χ0n) is 11.6. The summed E-state index contributed by atoms with van der Waals surface area (Å²) >= 11 is 2.30. The Bertz CT molecular complexity index is 189. The number of hydrogen-bond acceptors (Lipinski definition) is 1. The first-order chi connectivity index (χ1) is 8.22. The molecule has 0 aliphatic carbocycles. The molecule has 0 bridgehead atoms. The van der Waals surface area contributed by atoms with Crippen molar-refractivity contribution in [1.29, 1.82) is 0 Å². The second-order valence-electron chi connectivity index (χ2n) is 4.80. The van der Waals surface area contributed by atoms with E-state index in [0.717, 1.165) is 22.8 Å². The molecular weight excluding hydrogens is 323 g/mol. The van der Waals surface area contributed by atoms with Crippen LogP contribution in [0.15, 0.2) is 9.66 Å². The van der Waals surface area contributed by atoms with Crippen molar-refractivity contribution in [3.8, 4) is 0 Å². The number of aliphatic hydroxyl groups excluding tert-OH is 1. The van der Waals surface area contributed by atoms with E-state index in [1.165, 1.54) is 44.9 Å². The normalized spacial score (nSPS) is 14.0. The van der Waals surface area contributed by atoms with Crippen molar-refractivity contribution in [3.63, 3.8) is 0 Å². The van der Waals surface area contributed by atoms with Gasteiger partial charge in [0.25, 0.3) is 0 Å². The molecule has 0 saturated heterocycles. The fraction of sp³-hybridized carbons (Fsp3) is 0.867. The summed E-state index contributed by atoms with van der Waals surface area (Å²) < 4.78 is 1.15. The van der Waals surface area contributed by atoms with Gasteiger partial charge in [0.05, 0.1) is 6.10 Å². The average molecular weight is 352 g/mol. The fourth-order valence-corrected chi connectivity index (χ4v) is 2.47. The summed E-state index contributed by atoms with van der Waals surface area (Å²) in [4.78, 5) is 0. The number of unbranched alkanes of at least 4 members (excludes halogenated alkanes) is 7. The molecule has 0 aromatic heterocycles. The Morgan fingerprint density at radius 2 is 1.59 bits per heavy atom. The van der Waals surface area contributed by atoms with Crippen LogP contribution in [-0.4, -0.2) is 11.2 Å². The van der Waals surface area contributed by atoms with E-state index in [0.29, 0.717) is 0 Å². The Labute approximate surface area is 121 Å². The fourth-order valence-electron chi connectivity index (χ4n) is 1.85. The molecule has 0 rings (SSSR count). The van der Waals surface area contributed by atoms with Crippen molar-refractivity contribution < 1.29 is 5.11 Å². The van der Waals surface area contributed by atoms with Crippen LogP contribution in [0.2, 0.25) is 0 Å². The van der Waals surface area contributed by atoms with Gasteiger partial charge in [-0.15, -0.1) is 0 Å². The van der Waals surface area contributed by atoms with Crippen molar-refractivity contribution in [1.82, 2.24) is 0 Å². The molecular formula is C15H29IO. The smallest absolute Gasteiger partial charge is 0.0843 e. The lowest BCUT2D eigenvalue weighted by Gasteiger charge is -2.09. The lowest BCUT2D eigenvalue weighted by atomic mass is 10.1. The van der Waals surface area contributed by atoms with Crippen LogP contribution in [0.25, 0.3) is 0 Å². The Balaban J connectivity index is 3.54. The van der Waals surface area contributed by atoms with Gasteiger partial charge in [-0.25, -0.2) is 0 Å². The van der Waals surface area contributed by atoms with Crippen LogP contribution in [0.3, 0.4) is 0 Å². The summed E-state index contributed by atoms with van der Waals surface area (Å²) in [6, 6.07) is 0. The molecule has 0 radical (unpaired) electrons. The molecule has 102 valence electrons. The van der Waals surface area contributed by atoms with Crippen LogP contribution >= 0.6 is 22.6 Å². The van der Waals surface area contributed by atoms with E-state index in [-0.39, 0.29) is 6.10 Å². The topological polar surface area (TPSA) is 20.2 Å². The lowest BCUT2D eigenvalue weighted by molar-refractivity contribution is 0.206. The Kier molecular flexibility index (Phi) is 13.2. The monoisotopic (exact) mass is 352 g/mol. The maximum absolute atomic E-state index is 9.91. The highest BCUT2D eigenvalue weighted by Gasteiger charge is 2.06. The predicted molar refractivity (Wildman–Crippen MR) is 85.6 cm³/mol. The molecule has 1 N–H and O–H groups in total. The molecule has 0 spiro atoms. The molecule has 1 nitrogen and oxygen atoms in total. The number of aliphatic hydroxyl groups is 1. The Morgan fingerprint density at radius 1 is 1.00 bits per heavy atom. The first kappa shape index (κ1) is 17.4. The number of halogens is 1. The van der Waals surface area contributed by atoms with Crippen molar-refractivity contribution in [2.24, 2.45) is 0 Å². The Morgan fingerprint density at radius 3 is 2.24 bits per heavy atom. The maximum atomic E-state index is 9.91. The van der Waals surface area contributed by atoms with Gasteiger partial charge in [0.1, 0.15) is 0 Å². The van der Waals surface area contributed by atoms with Gasteiger partial charge < -0.3 is 5.11 Å². The van der Waals surface area contributed by atoms with E-state index in [4.69, 9.17) is 0 Å². The molecule has 0 heterocycles. The van der Waals surface area contributed by atoms with Gasteiger partial charge in [-0.2, -0.15) is 0 Å². The zero-order chi connectivity index (χ0) is 12.9. The first-order valence-corrected chi connectivity index (χ1v) is 8.33. The average Bonchev–Trinajstić information content (AvgIpc) is 2.33. The summed E-state index contributed by atoms with van der Waals surface area (Å²) in [7, 11) is 0. The highest BCUT2D eigenvalue weighted by Crippen LogP contribution is 2.19. The summed E-state index contributed by atoms with van der Waals surface area (Å²) in [5.41, 5.74) is 0. The number of allylic oxidation sites excluding steroid dienone is 1. The van der Waals surface area contributed by atoms with Crippen LogP contribution in [-0.2, 0) is 0 Å². The van der Waals surface area contributed by atoms with Crippen molar-refractivity contribution in [3.05, 3.63) is 9.66 Å². The molecule has 0 aliphatic rings. The predicted octanol–water partition coefficient (Wildman–Crippen LogP) is 5.61. The third-order valence-corrected chi connectivity index (χ3v) is 4.21. The molecule has 0 amide bonds. The lowest BCUT2D eigenvalue weighted by Crippen LogP contribution is -2.05. The van der Waals surface area contributed by atoms with Gasteiger partial charge >= 0.3 is 0 Å². The van der Waals surface area contributed by atoms with E-state index in [1.54, 1.807) is 0 Å². The van der Waals surface area contributed by atoms with Crippen molar-refractivity contribution in [2.45, 2.75) is 84.2 Å². The van der Waals surface area contributed by atoms with Gasteiger partial charge in [0, 0.05) is 3.58 Å². The van der Waals surface area contributed by atoms with Gasteiger partial charge in [-0.1, -0.05) is 64.9 Å². The summed E-state index contributed by atoms with van der Waals surface area (Å²) in [5, 5.41) is 9.91. The van der Waals surface area contributed by atoms with Gasteiger partial charge in [-0.05, 0) is 41.9 Å². The molecule has 2 heteroatoms. The number of hydrogen-bond donors (Lipinski definition) is 1. The third-order valence-electron chi connectivity index (χ3n) is 3.05.